The van der Waals surface area contributed by atoms with Crippen LogP contribution in [-0.4, -0.2) is 35.9 Å². The Kier molecular flexibility index (Phi) is 4.91. The Morgan fingerprint density at radius 2 is 2.10 bits per heavy atom. The average Bonchev–Trinajstić information content (AvgIpc) is 3.12. The molecule has 120 valence electrons. The molecule has 0 aliphatic heterocycles. The van der Waals surface area contributed by atoms with Crippen molar-refractivity contribution in [2.24, 2.45) is 0 Å². The predicted molar refractivity (Wildman–Crippen MR) is 72.3 cm³/mol. The smallest absolute Gasteiger partial charge is 0.390 e. The van der Waals surface area contributed by atoms with Crippen LogP contribution in [0.3, 0.4) is 0 Å². The number of rotatable bonds is 7. The molecule has 1 aromatic heterocycles. The van der Waals surface area contributed by atoms with Crippen molar-refractivity contribution in [2.75, 3.05) is 12.3 Å². The van der Waals surface area contributed by atoms with Crippen LogP contribution in [0, 0.1) is 0 Å². The number of nitrogens with zero attached hydrogens (tertiary/aromatic N) is 1. The SMILES string of the molecule is O=S(=O)(NCCSC(F)(F)F)c1cc(CO)n(C2CC2)c1. The molecule has 1 heterocycles. The number of aliphatic hydroxyl groups is 1. The Labute approximate surface area is 124 Å². The number of halogens is 3. The molecule has 2 N–H and O–H groups in total. The van der Waals surface area contributed by atoms with Crippen LogP contribution in [0.2, 0.25) is 0 Å². The van der Waals surface area contributed by atoms with E-state index in [1.807, 2.05) is 0 Å². The lowest BCUT2D eigenvalue weighted by atomic mass is 10.4. The summed E-state index contributed by atoms with van der Waals surface area (Å²) in [5, 5.41) is 9.21. The highest BCUT2D eigenvalue weighted by molar-refractivity contribution is 8.00. The molecule has 0 amide bonds. The van der Waals surface area contributed by atoms with E-state index in [1.165, 1.54) is 12.3 Å². The van der Waals surface area contributed by atoms with Gasteiger partial charge >= 0.3 is 5.51 Å². The summed E-state index contributed by atoms with van der Waals surface area (Å²) in [4.78, 5) is -0.0320. The summed E-state index contributed by atoms with van der Waals surface area (Å²) >= 11 is -0.275. The molecule has 21 heavy (non-hydrogen) atoms. The van der Waals surface area contributed by atoms with E-state index in [9.17, 15) is 26.7 Å². The number of sulfonamides is 1. The topological polar surface area (TPSA) is 71.3 Å². The summed E-state index contributed by atoms with van der Waals surface area (Å²) < 4.78 is 63.7. The van der Waals surface area contributed by atoms with E-state index in [4.69, 9.17) is 0 Å². The highest BCUT2D eigenvalue weighted by Crippen LogP contribution is 2.37. The minimum atomic E-state index is -4.37. The maximum atomic E-state index is 12.0. The van der Waals surface area contributed by atoms with Gasteiger partial charge in [0.1, 0.15) is 0 Å². The van der Waals surface area contributed by atoms with Crippen LogP contribution in [0.25, 0.3) is 0 Å². The Morgan fingerprint density at radius 1 is 1.43 bits per heavy atom. The van der Waals surface area contributed by atoms with E-state index in [0.717, 1.165) is 12.8 Å². The molecular weight excluding hydrogens is 329 g/mol. The molecule has 0 atom stereocenters. The van der Waals surface area contributed by atoms with E-state index in [2.05, 4.69) is 4.72 Å². The van der Waals surface area contributed by atoms with Crippen LogP contribution >= 0.6 is 11.8 Å². The van der Waals surface area contributed by atoms with Crippen LogP contribution < -0.4 is 4.72 Å². The number of hydrogen-bond donors (Lipinski definition) is 2. The van der Waals surface area contributed by atoms with Gasteiger partial charge in [-0.25, -0.2) is 13.1 Å². The van der Waals surface area contributed by atoms with E-state index in [1.54, 1.807) is 4.57 Å². The van der Waals surface area contributed by atoms with Gasteiger partial charge in [-0.2, -0.15) is 13.2 Å². The number of hydrogen-bond acceptors (Lipinski definition) is 4. The Hall–Kier alpha value is -0.710. The van der Waals surface area contributed by atoms with Gasteiger partial charge in [0, 0.05) is 30.2 Å². The number of nitrogens with one attached hydrogen (secondary N) is 1. The molecule has 1 saturated carbocycles. The Balaban J connectivity index is 1.99. The quantitative estimate of drug-likeness (QED) is 0.741. The van der Waals surface area contributed by atoms with E-state index >= 15 is 0 Å². The van der Waals surface area contributed by atoms with Crippen molar-refractivity contribution in [2.45, 2.75) is 35.9 Å². The van der Waals surface area contributed by atoms with E-state index in [0.29, 0.717) is 5.69 Å². The summed E-state index contributed by atoms with van der Waals surface area (Å²) in [5.41, 5.74) is -3.88. The van der Waals surface area contributed by atoms with Crippen molar-refractivity contribution in [3.05, 3.63) is 18.0 Å². The molecular formula is C11H15F3N2O3S2. The number of aliphatic hydroxyl groups excluding tert-OH is 1. The minimum absolute atomic E-state index is 0.0320. The second-order valence-corrected chi connectivity index (χ2v) is 7.58. The first-order valence-electron chi connectivity index (χ1n) is 6.25. The molecule has 2 rings (SSSR count). The van der Waals surface area contributed by atoms with Crippen LogP contribution in [0.1, 0.15) is 24.6 Å². The molecule has 1 aliphatic rings. The second-order valence-electron chi connectivity index (χ2n) is 4.66. The number of aromatic nitrogens is 1. The lowest BCUT2D eigenvalue weighted by molar-refractivity contribution is -0.0327. The first kappa shape index (κ1) is 16.7. The second kappa shape index (κ2) is 6.19. The molecule has 10 heteroatoms. The van der Waals surface area contributed by atoms with Gasteiger partial charge in [0.15, 0.2) is 0 Å². The van der Waals surface area contributed by atoms with Crippen molar-refractivity contribution in [1.82, 2.24) is 9.29 Å². The Morgan fingerprint density at radius 3 is 2.62 bits per heavy atom. The first-order valence-corrected chi connectivity index (χ1v) is 8.72. The van der Waals surface area contributed by atoms with Gasteiger partial charge in [-0.1, -0.05) is 0 Å². The Bertz CT molecular complexity index is 594. The molecule has 1 aromatic rings. The minimum Gasteiger partial charge on any atom is -0.390 e. The van der Waals surface area contributed by atoms with Gasteiger partial charge in [0.2, 0.25) is 10.0 Å². The predicted octanol–water partition coefficient (Wildman–Crippen LogP) is 1.85. The van der Waals surface area contributed by atoms with Gasteiger partial charge in [0.05, 0.1) is 11.5 Å². The van der Waals surface area contributed by atoms with Crippen molar-refractivity contribution in [3.8, 4) is 0 Å². The molecule has 1 fully saturated rings. The summed E-state index contributed by atoms with van der Waals surface area (Å²) in [6.45, 7) is -0.592. The molecule has 0 bridgehead atoms. The van der Waals surface area contributed by atoms with Crippen molar-refractivity contribution >= 4 is 21.8 Å². The maximum Gasteiger partial charge on any atom is 0.441 e. The number of alkyl halides is 3. The summed E-state index contributed by atoms with van der Waals surface area (Å²) in [7, 11) is -3.86. The third-order valence-corrected chi connectivity index (χ3v) is 5.14. The fourth-order valence-electron chi connectivity index (χ4n) is 1.89. The molecule has 0 radical (unpaired) electrons. The highest BCUT2D eigenvalue weighted by Gasteiger charge is 2.29. The lowest BCUT2D eigenvalue weighted by Crippen LogP contribution is -2.26. The van der Waals surface area contributed by atoms with Gasteiger partial charge in [-0.15, -0.1) is 0 Å². The van der Waals surface area contributed by atoms with Crippen molar-refractivity contribution in [1.29, 1.82) is 0 Å². The average molecular weight is 344 g/mol. The van der Waals surface area contributed by atoms with Crippen LogP contribution in [0.15, 0.2) is 17.2 Å². The third-order valence-electron chi connectivity index (χ3n) is 2.98. The molecule has 1 aliphatic carbocycles. The molecule has 0 spiro atoms. The number of thioether (sulfide) groups is 1. The van der Waals surface area contributed by atoms with Crippen LogP contribution in [-0.2, 0) is 16.6 Å². The largest absolute Gasteiger partial charge is 0.441 e. The molecule has 0 aromatic carbocycles. The zero-order valence-corrected chi connectivity index (χ0v) is 12.6. The fraction of sp³-hybridized carbons (Fsp3) is 0.636. The van der Waals surface area contributed by atoms with Crippen molar-refractivity contribution in [3.63, 3.8) is 0 Å². The third kappa shape index (κ3) is 4.63. The molecule has 0 unspecified atom stereocenters. The highest BCUT2D eigenvalue weighted by atomic mass is 32.2. The molecule has 0 saturated heterocycles. The maximum absolute atomic E-state index is 12.0. The van der Waals surface area contributed by atoms with Gasteiger partial charge in [-0.3, -0.25) is 0 Å². The zero-order valence-electron chi connectivity index (χ0n) is 10.9. The summed E-state index contributed by atoms with van der Waals surface area (Å²) in [6.07, 6.45) is 3.27. The van der Waals surface area contributed by atoms with E-state index in [-0.39, 0.29) is 41.6 Å². The van der Waals surface area contributed by atoms with Gasteiger partial charge in [0.25, 0.3) is 0 Å². The summed E-state index contributed by atoms with van der Waals surface area (Å²) in [5.74, 6) is -0.390. The standard InChI is InChI=1S/C11H15F3N2O3S2/c12-11(13,14)20-4-3-15-21(18,19)10-5-9(7-17)16(6-10)8-1-2-8/h5-6,8,15,17H,1-4,7H2. The lowest BCUT2D eigenvalue weighted by Gasteiger charge is -2.07. The van der Waals surface area contributed by atoms with Gasteiger partial charge < -0.3 is 9.67 Å². The monoisotopic (exact) mass is 344 g/mol. The van der Waals surface area contributed by atoms with Crippen molar-refractivity contribution < 1.29 is 26.7 Å². The van der Waals surface area contributed by atoms with Crippen LogP contribution in [0.5, 0.6) is 0 Å². The van der Waals surface area contributed by atoms with Gasteiger partial charge in [-0.05, 0) is 30.7 Å². The van der Waals surface area contributed by atoms with Crippen LogP contribution in [0.4, 0.5) is 13.2 Å². The normalized spacial score (nSPS) is 16.4. The molecule has 5 nitrogen and oxygen atoms in total. The zero-order chi connectivity index (χ0) is 15.7. The fourth-order valence-corrected chi connectivity index (χ4v) is 3.53. The first-order chi connectivity index (χ1) is 9.73. The van der Waals surface area contributed by atoms with E-state index < -0.39 is 15.5 Å². The summed E-state index contributed by atoms with van der Waals surface area (Å²) in [6, 6.07) is 1.55.